The van der Waals surface area contributed by atoms with Gasteiger partial charge in [0.05, 0.1) is 0 Å². The van der Waals surface area contributed by atoms with Gasteiger partial charge in [0.25, 0.3) is 0 Å². The van der Waals surface area contributed by atoms with E-state index in [9.17, 15) is 4.79 Å². The number of H-pyrrole nitrogens is 1. The highest BCUT2D eigenvalue weighted by atomic mass is 16.2. The van der Waals surface area contributed by atoms with Crippen LogP contribution in [0.15, 0.2) is 42.6 Å². The molecule has 1 aliphatic heterocycles. The van der Waals surface area contributed by atoms with Crippen molar-refractivity contribution in [2.75, 3.05) is 13.1 Å². The first-order chi connectivity index (χ1) is 9.34. The van der Waals surface area contributed by atoms with Crippen LogP contribution in [0.25, 0.3) is 10.9 Å². The van der Waals surface area contributed by atoms with Gasteiger partial charge in [0.2, 0.25) is 5.91 Å². The SMILES string of the molecule is O=C1CCC=CCN1CCc1c[nH]c2ccccc12. The summed E-state index contributed by atoms with van der Waals surface area (Å²) in [6.45, 7) is 1.55. The molecule has 0 aliphatic carbocycles. The molecular weight excluding hydrogens is 236 g/mol. The van der Waals surface area contributed by atoms with Gasteiger partial charge in [-0.3, -0.25) is 4.79 Å². The molecular formula is C16H18N2O. The fourth-order valence-corrected chi connectivity index (χ4v) is 2.60. The van der Waals surface area contributed by atoms with Gasteiger partial charge in [-0.05, 0) is 24.5 Å². The molecule has 2 heterocycles. The van der Waals surface area contributed by atoms with Crippen molar-refractivity contribution in [2.45, 2.75) is 19.3 Å². The van der Waals surface area contributed by atoms with Crippen molar-refractivity contribution in [3.05, 3.63) is 48.2 Å². The number of aromatic amines is 1. The highest BCUT2D eigenvalue weighted by Crippen LogP contribution is 2.18. The van der Waals surface area contributed by atoms with Gasteiger partial charge in [0, 0.05) is 36.6 Å². The van der Waals surface area contributed by atoms with E-state index in [2.05, 4.69) is 41.5 Å². The predicted molar refractivity (Wildman–Crippen MR) is 77.0 cm³/mol. The third-order valence-corrected chi connectivity index (χ3v) is 3.70. The summed E-state index contributed by atoms with van der Waals surface area (Å²) in [6, 6.07) is 8.30. The summed E-state index contributed by atoms with van der Waals surface area (Å²) in [5.74, 6) is 0.268. The van der Waals surface area contributed by atoms with E-state index in [1.807, 2.05) is 11.0 Å². The Balaban J connectivity index is 1.71. The van der Waals surface area contributed by atoms with E-state index in [0.717, 1.165) is 25.9 Å². The van der Waals surface area contributed by atoms with Crippen LogP contribution in [0.1, 0.15) is 18.4 Å². The zero-order valence-corrected chi connectivity index (χ0v) is 10.9. The first-order valence-electron chi connectivity index (χ1n) is 6.82. The standard InChI is InChI=1S/C16H18N2O/c19-16-8-2-1-5-10-18(16)11-9-13-12-17-15-7-4-3-6-14(13)15/h1,3-7,12,17H,2,8-11H2. The first kappa shape index (κ1) is 12.0. The third-order valence-electron chi connectivity index (χ3n) is 3.70. The van der Waals surface area contributed by atoms with E-state index in [1.165, 1.54) is 16.5 Å². The Hall–Kier alpha value is -2.03. The van der Waals surface area contributed by atoms with Gasteiger partial charge in [0.15, 0.2) is 0 Å². The van der Waals surface area contributed by atoms with Crippen molar-refractivity contribution in [1.82, 2.24) is 9.88 Å². The Morgan fingerprint density at radius 2 is 2.11 bits per heavy atom. The maximum absolute atomic E-state index is 11.9. The maximum atomic E-state index is 11.9. The first-order valence-corrected chi connectivity index (χ1v) is 6.82. The summed E-state index contributed by atoms with van der Waals surface area (Å²) < 4.78 is 0. The average molecular weight is 254 g/mol. The second-order valence-electron chi connectivity index (χ2n) is 4.96. The minimum absolute atomic E-state index is 0.268. The van der Waals surface area contributed by atoms with Crippen LogP contribution in [0, 0.1) is 0 Å². The second kappa shape index (κ2) is 5.31. The van der Waals surface area contributed by atoms with Crippen LogP contribution in [0.4, 0.5) is 0 Å². The Bertz CT molecular complexity index is 612. The number of nitrogens with one attached hydrogen (secondary N) is 1. The molecule has 0 fully saturated rings. The second-order valence-corrected chi connectivity index (χ2v) is 4.96. The van der Waals surface area contributed by atoms with Crippen LogP contribution in [0.5, 0.6) is 0 Å². The quantitative estimate of drug-likeness (QED) is 0.840. The number of nitrogens with zero attached hydrogens (tertiary/aromatic N) is 1. The Labute approximate surface area is 112 Å². The van der Waals surface area contributed by atoms with E-state index in [-0.39, 0.29) is 5.91 Å². The molecule has 0 atom stereocenters. The molecule has 98 valence electrons. The monoisotopic (exact) mass is 254 g/mol. The molecule has 0 radical (unpaired) electrons. The molecule has 1 aromatic heterocycles. The molecule has 3 nitrogen and oxygen atoms in total. The lowest BCUT2D eigenvalue weighted by atomic mass is 10.1. The van der Waals surface area contributed by atoms with Crippen LogP contribution in [-0.4, -0.2) is 28.9 Å². The van der Waals surface area contributed by atoms with Crippen molar-refractivity contribution >= 4 is 16.8 Å². The van der Waals surface area contributed by atoms with Gasteiger partial charge >= 0.3 is 0 Å². The molecule has 1 aliphatic rings. The molecule has 1 amide bonds. The highest BCUT2D eigenvalue weighted by Gasteiger charge is 2.14. The van der Waals surface area contributed by atoms with Crippen LogP contribution in [-0.2, 0) is 11.2 Å². The van der Waals surface area contributed by atoms with Crippen LogP contribution >= 0.6 is 0 Å². The summed E-state index contributed by atoms with van der Waals surface area (Å²) in [6.07, 6.45) is 8.68. The van der Waals surface area contributed by atoms with Gasteiger partial charge in [-0.2, -0.15) is 0 Å². The van der Waals surface area contributed by atoms with Crippen molar-refractivity contribution in [2.24, 2.45) is 0 Å². The number of hydrogen-bond acceptors (Lipinski definition) is 1. The molecule has 0 spiro atoms. The number of benzene rings is 1. The van der Waals surface area contributed by atoms with E-state index in [0.29, 0.717) is 6.42 Å². The van der Waals surface area contributed by atoms with E-state index in [4.69, 9.17) is 0 Å². The number of aromatic nitrogens is 1. The molecule has 0 bridgehead atoms. The minimum atomic E-state index is 0.268. The van der Waals surface area contributed by atoms with Crippen LogP contribution in [0.2, 0.25) is 0 Å². The van der Waals surface area contributed by atoms with E-state index < -0.39 is 0 Å². The number of fused-ring (bicyclic) bond motifs is 1. The fourth-order valence-electron chi connectivity index (χ4n) is 2.60. The number of carbonyl (C=O) groups is 1. The largest absolute Gasteiger partial charge is 0.361 e. The molecule has 3 rings (SSSR count). The van der Waals surface area contributed by atoms with Crippen molar-refractivity contribution in [1.29, 1.82) is 0 Å². The summed E-state index contributed by atoms with van der Waals surface area (Å²) in [7, 11) is 0. The number of hydrogen-bond donors (Lipinski definition) is 1. The molecule has 2 aromatic rings. The van der Waals surface area contributed by atoms with Gasteiger partial charge < -0.3 is 9.88 Å². The Kier molecular flexibility index (Phi) is 3.36. The number of amides is 1. The number of carbonyl (C=O) groups excluding carboxylic acids is 1. The van der Waals surface area contributed by atoms with Gasteiger partial charge in [-0.1, -0.05) is 30.4 Å². The molecule has 1 aromatic carbocycles. The van der Waals surface area contributed by atoms with Gasteiger partial charge in [-0.25, -0.2) is 0 Å². The summed E-state index contributed by atoms with van der Waals surface area (Å²) in [4.78, 5) is 17.1. The van der Waals surface area contributed by atoms with E-state index >= 15 is 0 Å². The normalized spacial score (nSPS) is 16.0. The minimum Gasteiger partial charge on any atom is -0.361 e. The number of rotatable bonds is 3. The summed E-state index contributed by atoms with van der Waals surface area (Å²) >= 11 is 0. The number of allylic oxidation sites excluding steroid dienone is 1. The maximum Gasteiger partial charge on any atom is 0.223 e. The zero-order chi connectivity index (χ0) is 13.1. The average Bonchev–Trinajstić information content (AvgIpc) is 2.73. The Morgan fingerprint density at radius 3 is 3.05 bits per heavy atom. The summed E-state index contributed by atoms with van der Waals surface area (Å²) in [5.41, 5.74) is 2.45. The lowest BCUT2D eigenvalue weighted by Crippen LogP contribution is -2.31. The van der Waals surface area contributed by atoms with Crippen LogP contribution in [0.3, 0.4) is 0 Å². The van der Waals surface area contributed by atoms with Crippen LogP contribution < -0.4 is 0 Å². The van der Waals surface area contributed by atoms with Gasteiger partial charge in [-0.15, -0.1) is 0 Å². The zero-order valence-electron chi connectivity index (χ0n) is 10.9. The molecule has 3 heteroatoms. The summed E-state index contributed by atoms with van der Waals surface area (Å²) in [5, 5.41) is 1.26. The molecule has 0 saturated heterocycles. The fraction of sp³-hybridized carbons (Fsp3) is 0.312. The van der Waals surface area contributed by atoms with Crippen molar-refractivity contribution < 1.29 is 4.79 Å². The molecule has 0 unspecified atom stereocenters. The third kappa shape index (κ3) is 2.55. The van der Waals surface area contributed by atoms with Crippen molar-refractivity contribution in [3.63, 3.8) is 0 Å². The lowest BCUT2D eigenvalue weighted by molar-refractivity contribution is -0.130. The molecule has 1 N–H and O–H groups in total. The smallest absolute Gasteiger partial charge is 0.223 e. The topological polar surface area (TPSA) is 36.1 Å². The number of para-hydroxylation sites is 1. The van der Waals surface area contributed by atoms with Crippen molar-refractivity contribution in [3.8, 4) is 0 Å². The van der Waals surface area contributed by atoms with Gasteiger partial charge in [0.1, 0.15) is 0 Å². The molecule has 19 heavy (non-hydrogen) atoms. The lowest BCUT2D eigenvalue weighted by Gasteiger charge is -2.19. The Morgan fingerprint density at radius 1 is 1.21 bits per heavy atom. The highest BCUT2D eigenvalue weighted by molar-refractivity contribution is 5.83. The van der Waals surface area contributed by atoms with E-state index in [1.54, 1.807) is 0 Å². The predicted octanol–water partition coefficient (Wildman–Crippen LogP) is 2.89. The molecule has 0 saturated carbocycles.